The van der Waals surface area contributed by atoms with Crippen molar-refractivity contribution >= 4 is 27.7 Å². The lowest BCUT2D eigenvalue weighted by Crippen LogP contribution is -2.23. The van der Waals surface area contributed by atoms with E-state index >= 15 is 0 Å². The van der Waals surface area contributed by atoms with Gasteiger partial charge in [0.25, 0.3) is 5.91 Å². The van der Waals surface area contributed by atoms with Gasteiger partial charge in [-0.25, -0.2) is 0 Å². The van der Waals surface area contributed by atoms with E-state index in [2.05, 4.69) is 4.98 Å². The number of fused-ring (bicyclic) bond motifs is 3. The Balaban J connectivity index is 2.49. The van der Waals surface area contributed by atoms with Gasteiger partial charge in [0.2, 0.25) is 0 Å². The summed E-state index contributed by atoms with van der Waals surface area (Å²) in [5.41, 5.74) is 6.91. The zero-order valence-corrected chi connectivity index (χ0v) is 11.4. The van der Waals surface area contributed by atoms with Crippen molar-refractivity contribution in [2.24, 2.45) is 5.73 Å². The molecular formula is C16H16N2O2. The third kappa shape index (κ3) is 1.77. The van der Waals surface area contributed by atoms with Gasteiger partial charge in [-0.05, 0) is 25.5 Å². The van der Waals surface area contributed by atoms with E-state index < -0.39 is 11.5 Å². The number of aromatic nitrogens is 1. The van der Waals surface area contributed by atoms with Crippen LogP contribution >= 0.6 is 0 Å². The van der Waals surface area contributed by atoms with Crippen molar-refractivity contribution in [1.29, 1.82) is 0 Å². The van der Waals surface area contributed by atoms with Crippen LogP contribution in [-0.2, 0) is 5.60 Å². The number of hydrogen-bond acceptors (Lipinski definition) is 2. The second-order valence-electron chi connectivity index (χ2n) is 5.50. The van der Waals surface area contributed by atoms with Crippen LogP contribution in [0.15, 0.2) is 36.4 Å². The lowest BCUT2D eigenvalue weighted by atomic mass is 9.91. The first-order chi connectivity index (χ1) is 9.39. The number of carbonyl (C=O) groups excluding carboxylic acids is 1. The number of H-pyrrole nitrogens is 1. The van der Waals surface area contributed by atoms with Gasteiger partial charge in [0.1, 0.15) is 0 Å². The fraction of sp³-hybridized carbons (Fsp3) is 0.188. The molecule has 0 radical (unpaired) electrons. The zero-order chi connectivity index (χ0) is 14.5. The molecule has 0 fully saturated rings. The Bertz CT molecular complexity index is 825. The molecule has 0 unspecified atom stereocenters. The van der Waals surface area contributed by atoms with Crippen LogP contribution < -0.4 is 5.73 Å². The molecule has 4 N–H and O–H groups in total. The first-order valence-corrected chi connectivity index (χ1v) is 6.45. The van der Waals surface area contributed by atoms with Gasteiger partial charge in [0, 0.05) is 16.3 Å². The Morgan fingerprint density at radius 2 is 1.85 bits per heavy atom. The van der Waals surface area contributed by atoms with Crippen LogP contribution in [0.3, 0.4) is 0 Å². The molecule has 4 nitrogen and oxygen atoms in total. The summed E-state index contributed by atoms with van der Waals surface area (Å²) in [5.74, 6) is -0.542. The van der Waals surface area contributed by atoms with Gasteiger partial charge < -0.3 is 15.8 Å². The van der Waals surface area contributed by atoms with Crippen LogP contribution in [0.25, 0.3) is 21.8 Å². The normalized spacial score (nSPS) is 12.2. The van der Waals surface area contributed by atoms with Crippen LogP contribution in [0.5, 0.6) is 0 Å². The van der Waals surface area contributed by atoms with E-state index in [1.807, 2.05) is 30.3 Å². The largest absolute Gasteiger partial charge is 0.386 e. The smallest absolute Gasteiger partial charge is 0.251 e. The zero-order valence-electron chi connectivity index (χ0n) is 11.4. The maximum atomic E-state index is 11.9. The third-order valence-electron chi connectivity index (χ3n) is 3.59. The minimum absolute atomic E-state index is 0.353. The number of aliphatic hydroxyl groups is 1. The maximum Gasteiger partial charge on any atom is 0.251 e. The molecule has 0 aliphatic carbocycles. The highest BCUT2D eigenvalue weighted by molar-refractivity contribution is 6.15. The van der Waals surface area contributed by atoms with Gasteiger partial charge in [-0.1, -0.05) is 30.3 Å². The monoisotopic (exact) mass is 268 g/mol. The Labute approximate surface area is 116 Å². The summed E-state index contributed by atoms with van der Waals surface area (Å²) in [6.45, 7) is 3.28. The number of carbonyl (C=O) groups is 1. The Morgan fingerprint density at radius 3 is 2.50 bits per heavy atom. The summed E-state index contributed by atoms with van der Waals surface area (Å²) in [6, 6.07) is 11.5. The minimum atomic E-state index is -1.13. The topological polar surface area (TPSA) is 79.1 Å². The Kier molecular flexibility index (Phi) is 2.59. The summed E-state index contributed by atoms with van der Waals surface area (Å²) in [6.07, 6.45) is 0. The summed E-state index contributed by atoms with van der Waals surface area (Å²) in [4.78, 5) is 15.1. The van der Waals surface area contributed by atoms with Gasteiger partial charge in [-0.3, -0.25) is 4.79 Å². The van der Waals surface area contributed by atoms with E-state index in [0.717, 1.165) is 16.3 Å². The summed E-state index contributed by atoms with van der Waals surface area (Å²) >= 11 is 0. The van der Waals surface area contributed by atoms with E-state index in [-0.39, 0.29) is 0 Å². The first-order valence-electron chi connectivity index (χ1n) is 6.45. The minimum Gasteiger partial charge on any atom is -0.386 e. The fourth-order valence-electron chi connectivity index (χ4n) is 2.68. The molecule has 0 saturated heterocycles. The Hall–Kier alpha value is -2.33. The molecule has 1 aromatic heterocycles. The molecule has 1 amide bonds. The van der Waals surface area contributed by atoms with E-state index in [0.29, 0.717) is 16.6 Å². The molecule has 0 bridgehead atoms. The molecule has 1 heterocycles. The van der Waals surface area contributed by atoms with Crippen LogP contribution in [-0.4, -0.2) is 16.0 Å². The van der Waals surface area contributed by atoms with Crippen LogP contribution in [0.4, 0.5) is 0 Å². The molecule has 0 aliphatic heterocycles. The van der Waals surface area contributed by atoms with Crippen molar-refractivity contribution in [3.63, 3.8) is 0 Å². The lowest BCUT2D eigenvalue weighted by Gasteiger charge is -2.20. The molecule has 0 atom stereocenters. The second kappa shape index (κ2) is 4.08. The quantitative estimate of drug-likeness (QED) is 0.668. The standard InChI is InChI=1S/C16H16N2O2/c1-16(2,20)11-8-7-10-9-5-3-4-6-12(9)18-14(10)13(11)15(17)19/h3-8,18,20H,1-2H3,(H2,17,19). The highest BCUT2D eigenvalue weighted by atomic mass is 16.3. The molecular weight excluding hydrogens is 252 g/mol. The van der Waals surface area contributed by atoms with Crippen molar-refractivity contribution in [3.05, 3.63) is 47.5 Å². The summed E-state index contributed by atoms with van der Waals surface area (Å²) < 4.78 is 0. The van der Waals surface area contributed by atoms with Gasteiger partial charge in [0.15, 0.2) is 0 Å². The molecule has 4 heteroatoms. The van der Waals surface area contributed by atoms with Gasteiger partial charge in [-0.15, -0.1) is 0 Å². The van der Waals surface area contributed by atoms with E-state index in [4.69, 9.17) is 5.73 Å². The molecule has 2 aromatic carbocycles. The predicted molar refractivity (Wildman–Crippen MR) is 79.6 cm³/mol. The van der Waals surface area contributed by atoms with Crippen molar-refractivity contribution in [2.75, 3.05) is 0 Å². The van der Waals surface area contributed by atoms with Crippen molar-refractivity contribution < 1.29 is 9.90 Å². The number of benzene rings is 2. The number of nitrogens with one attached hydrogen (secondary N) is 1. The van der Waals surface area contributed by atoms with Crippen molar-refractivity contribution in [1.82, 2.24) is 4.98 Å². The van der Waals surface area contributed by atoms with Crippen molar-refractivity contribution in [3.8, 4) is 0 Å². The van der Waals surface area contributed by atoms with E-state index in [1.54, 1.807) is 19.9 Å². The van der Waals surface area contributed by atoms with E-state index in [9.17, 15) is 9.90 Å². The molecule has 3 aromatic rings. The number of nitrogens with two attached hydrogens (primary N) is 1. The average Bonchev–Trinajstić information content (AvgIpc) is 2.74. The highest BCUT2D eigenvalue weighted by Gasteiger charge is 2.25. The van der Waals surface area contributed by atoms with Crippen LogP contribution in [0.2, 0.25) is 0 Å². The van der Waals surface area contributed by atoms with E-state index in [1.165, 1.54) is 0 Å². The fourth-order valence-corrected chi connectivity index (χ4v) is 2.68. The predicted octanol–water partition coefficient (Wildman–Crippen LogP) is 2.65. The van der Waals surface area contributed by atoms with Crippen LogP contribution in [0.1, 0.15) is 29.8 Å². The molecule has 0 spiro atoms. The van der Waals surface area contributed by atoms with Gasteiger partial charge in [0.05, 0.1) is 16.7 Å². The number of hydrogen-bond donors (Lipinski definition) is 3. The number of amides is 1. The second-order valence-corrected chi connectivity index (χ2v) is 5.50. The van der Waals surface area contributed by atoms with Gasteiger partial charge >= 0.3 is 0 Å². The molecule has 102 valence electrons. The number of aromatic amines is 1. The van der Waals surface area contributed by atoms with Crippen LogP contribution in [0, 0.1) is 0 Å². The summed E-state index contributed by atoms with van der Waals surface area (Å²) in [7, 11) is 0. The maximum absolute atomic E-state index is 11.9. The number of rotatable bonds is 2. The number of para-hydroxylation sites is 1. The average molecular weight is 268 g/mol. The van der Waals surface area contributed by atoms with Crippen molar-refractivity contribution in [2.45, 2.75) is 19.4 Å². The Morgan fingerprint density at radius 1 is 1.15 bits per heavy atom. The highest BCUT2D eigenvalue weighted by Crippen LogP contribution is 2.33. The molecule has 20 heavy (non-hydrogen) atoms. The number of primary amides is 1. The summed E-state index contributed by atoms with van der Waals surface area (Å²) in [5, 5.41) is 12.2. The third-order valence-corrected chi connectivity index (χ3v) is 3.59. The molecule has 3 rings (SSSR count). The lowest BCUT2D eigenvalue weighted by molar-refractivity contribution is 0.0757. The van der Waals surface area contributed by atoms with Gasteiger partial charge in [-0.2, -0.15) is 0 Å². The molecule has 0 saturated carbocycles. The first kappa shape index (κ1) is 12.7. The molecule has 0 aliphatic rings. The SMILES string of the molecule is CC(C)(O)c1ccc2c([nH]c3ccccc32)c1C(N)=O.